The topological polar surface area (TPSA) is 89.5 Å². The van der Waals surface area contributed by atoms with Crippen molar-refractivity contribution < 1.29 is 21.6 Å². The van der Waals surface area contributed by atoms with Crippen LogP contribution >= 0.6 is 0 Å². The van der Waals surface area contributed by atoms with E-state index in [2.05, 4.69) is 4.72 Å². The van der Waals surface area contributed by atoms with Gasteiger partial charge in [0.15, 0.2) is 9.84 Å². The Morgan fingerprint density at radius 1 is 1.00 bits per heavy atom. The van der Waals surface area contributed by atoms with Crippen LogP contribution in [0.2, 0.25) is 0 Å². The molecule has 0 aromatic heterocycles. The number of methoxy groups -OCH3 is 1. The minimum absolute atomic E-state index is 0.200. The summed E-state index contributed by atoms with van der Waals surface area (Å²) in [5.41, 5.74) is 2.03. The van der Waals surface area contributed by atoms with Gasteiger partial charge >= 0.3 is 0 Å². The summed E-state index contributed by atoms with van der Waals surface area (Å²) >= 11 is 0. The second kappa shape index (κ2) is 8.00. The zero-order chi connectivity index (χ0) is 20.4. The number of hydrogen-bond acceptors (Lipinski definition) is 5. The summed E-state index contributed by atoms with van der Waals surface area (Å²) in [5.74, 6) is 0.634. The molecule has 0 fully saturated rings. The molecule has 27 heavy (non-hydrogen) atoms. The van der Waals surface area contributed by atoms with E-state index in [4.69, 9.17) is 4.74 Å². The average molecular weight is 412 g/mol. The molecule has 1 unspecified atom stereocenters. The van der Waals surface area contributed by atoms with Crippen molar-refractivity contribution >= 4 is 19.9 Å². The number of sulfonamides is 1. The van der Waals surface area contributed by atoms with Crippen LogP contribution in [0.1, 0.15) is 36.1 Å². The van der Waals surface area contributed by atoms with E-state index in [1.165, 1.54) is 12.1 Å². The Labute approximate surface area is 161 Å². The van der Waals surface area contributed by atoms with Crippen molar-refractivity contribution in [1.82, 2.24) is 4.72 Å². The number of sulfone groups is 1. The van der Waals surface area contributed by atoms with Crippen LogP contribution in [0.4, 0.5) is 0 Å². The van der Waals surface area contributed by atoms with Crippen LogP contribution < -0.4 is 9.46 Å². The summed E-state index contributed by atoms with van der Waals surface area (Å²) in [7, 11) is -5.51. The third-order valence-corrected chi connectivity index (χ3v) is 7.14. The molecule has 0 saturated heterocycles. The Balaban J connectivity index is 2.36. The summed E-state index contributed by atoms with van der Waals surface area (Å²) in [6.07, 6.45) is 1.66. The Bertz CT molecular complexity index is 1030. The molecular weight excluding hydrogens is 386 g/mol. The van der Waals surface area contributed by atoms with Crippen molar-refractivity contribution in [2.45, 2.75) is 43.0 Å². The highest BCUT2D eigenvalue weighted by Gasteiger charge is 2.23. The normalized spacial score (nSPS) is 13.4. The molecule has 0 aliphatic heterocycles. The molecule has 6 nitrogen and oxygen atoms in total. The predicted octanol–water partition coefficient (Wildman–Crippen LogP) is 3.15. The molecular formula is C19H25NO5S2. The van der Waals surface area contributed by atoms with E-state index >= 15 is 0 Å². The smallest absolute Gasteiger partial charge is 0.241 e. The van der Waals surface area contributed by atoms with Crippen molar-refractivity contribution in [2.24, 2.45) is 0 Å². The minimum atomic E-state index is -3.76. The quantitative estimate of drug-likeness (QED) is 0.756. The number of aryl methyl sites for hydroxylation is 2. The second-order valence-corrected chi connectivity index (χ2v) is 10.2. The molecule has 2 aromatic carbocycles. The molecule has 1 N–H and O–H groups in total. The van der Waals surface area contributed by atoms with Crippen molar-refractivity contribution in [2.75, 3.05) is 13.4 Å². The molecule has 0 radical (unpaired) electrons. The lowest BCUT2D eigenvalue weighted by molar-refractivity contribution is 0.411. The minimum Gasteiger partial charge on any atom is -0.496 e. The fraction of sp³-hybridized carbons (Fsp3) is 0.368. The van der Waals surface area contributed by atoms with E-state index in [9.17, 15) is 16.8 Å². The first-order valence-corrected chi connectivity index (χ1v) is 11.8. The Kier molecular flexibility index (Phi) is 6.34. The van der Waals surface area contributed by atoms with E-state index in [-0.39, 0.29) is 9.79 Å². The van der Waals surface area contributed by atoms with Gasteiger partial charge in [0.2, 0.25) is 10.0 Å². The van der Waals surface area contributed by atoms with Crippen molar-refractivity contribution in [3.05, 3.63) is 53.1 Å². The SMILES string of the molecule is CCC(NS(=O)(=O)c1cc(C)c(OC)cc1C)c1ccc(S(C)(=O)=O)cc1. The maximum Gasteiger partial charge on any atom is 0.241 e. The van der Waals surface area contributed by atoms with Gasteiger partial charge in [0, 0.05) is 12.3 Å². The van der Waals surface area contributed by atoms with E-state index < -0.39 is 25.9 Å². The molecule has 0 heterocycles. The lowest BCUT2D eigenvalue weighted by Crippen LogP contribution is -2.29. The lowest BCUT2D eigenvalue weighted by Gasteiger charge is -2.19. The molecule has 0 aliphatic carbocycles. The highest BCUT2D eigenvalue weighted by molar-refractivity contribution is 7.90. The molecule has 0 bridgehead atoms. The maximum absolute atomic E-state index is 12.9. The molecule has 8 heteroatoms. The van der Waals surface area contributed by atoms with Gasteiger partial charge in [-0.3, -0.25) is 0 Å². The molecule has 0 amide bonds. The molecule has 0 spiro atoms. The number of nitrogens with one attached hydrogen (secondary N) is 1. The molecule has 0 aliphatic rings. The average Bonchev–Trinajstić information content (AvgIpc) is 2.60. The van der Waals surface area contributed by atoms with Crippen LogP contribution in [0.3, 0.4) is 0 Å². The summed E-state index contributed by atoms with van der Waals surface area (Å²) in [6.45, 7) is 5.38. The molecule has 0 saturated carbocycles. The molecule has 2 aromatic rings. The number of hydrogen-bond donors (Lipinski definition) is 1. The van der Waals surface area contributed by atoms with Crippen LogP contribution in [0, 0.1) is 13.8 Å². The lowest BCUT2D eigenvalue weighted by atomic mass is 10.1. The fourth-order valence-electron chi connectivity index (χ4n) is 2.86. The van der Waals surface area contributed by atoms with Crippen molar-refractivity contribution in [3.63, 3.8) is 0 Å². The van der Waals surface area contributed by atoms with Crippen LogP contribution in [0.15, 0.2) is 46.2 Å². The summed E-state index contributed by atoms with van der Waals surface area (Å²) in [6, 6.07) is 9.08. The second-order valence-electron chi connectivity index (χ2n) is 6.51. The molecule has 1 atom stereocenters. The van der Waals surface area contributed by atoms with Gasteiger partial charge in [-0.25, -0.2) is 21.6 Å². The number of ether oxygens (including phenoxy) is 1. The summed E-state index contributed by atoms with van der Waals surface area (Å²) < 4.78 is 57.0. The summed E-state index contributed by atoms with van der Waals surface area (Å²) in [5, 5.41) is 0. The Morgan fingerprint density at radius 3 is 2.07 bits per heavy atom. The van der Waals surface area contributed by atoms with Gasteiger partial charge in [-0.05, 0) is 61.2 Å². The van der Waals surface area contributed by atoms with Gasteiger partial charge in [0.1, 0.15) is 5.75 Å². The van der Waals surface area contributed by atoms with Gasteiger partial charge in [-0.2, -0.15) is 0 Å². The Morgan fingerprint density at radius 2 is 1.59 bits per heavy atom. The fourth-order valence-corrected chi connectivity index (χ4v) is 5.11. The van der Waals surface area contributed by atoms with Crippen LogP contribution in [-0.4, -0.2) is 30.2 Å². The highest BCUT2D eigenvalue weighted by atomic mass is 32.2. The van der Waals surface area contributed by atoms with Gasteiger partial charge in [0.05, 0.1) is 16.9 Å². The molecule has 148 valence electrons. The van der Waals surface area contributed by atoms with E-state index in [1.807, 2.05) is 6.92 Å². The molecule has 2 rings (SSSR count). The number of benzene rings is 2. The first-order chi connectivity index (χ1) is 12.5. The van der Waals surface area contributed by atoms with Crippen LogP contribution in [0.25, 0.3) is 0 Å². The van der Waals surface area contributed by atoms with Gasteiger partial charge in [-0.15, -0.1) is 0 Å². The van der Waals surface area contributed by atoms with Crippen molar-refractivity contribution in [1.29, 1.82) is 0 Å². The third-order valence-electron chi connectivity index (χ3n) is 4.40. The zero-order valence-electron chi connectivity index (χ0n) is 16.1. The van der Waals surface area contributed by atoms with Gasteiger partial charge in [0.25, 0.3) is 0 Å². The first kappa shape index (κ1) is 21.4. The first-order valence-electron chi connectivity index (χ1n) is 8.47. The van der Waals surface area contributed by atoms with Crippen molar-refractivity contribution in [3.8, 4) is 5.75 Å². The monoisotopic (exact) mass is 411 g/mol. The van der Waals surface area contributed by atoms with Crippen LogP contribution in [-0.2, 0) is 19.9 Å². The van der Waals surface area contributed by atoms with E-state index in [1.54, 1.807) is 45.2 Å². The standard InChI is InChI=1S/C19H25NO5S2/c1-6-17(15-7-9-16(10-8-15)26(5,21)22)20-27(23,24)19-12-13(2)18(25-4)11-14(19)3/h7-12,17,20H,6H2,1-5H3. The largest absolute Gasteiger partial charge is 0.496 e. The highest BCUT2D eigenvalue weighted by Crippen LogP contribution is 2.28. The van der Waals surface area contributed by atoms with Gasteiger partial charge < -0.3 is 4.74 Å². The number of rotatable bonds is 7. The Hall–Kier alpha value is -1.90. The van der Waals surface area contributed by atoms with E-state index in [0.29, 0.717) is 23.3 Å². The predicted molar refractivity (Wildman–Crippen MR) is 105 cm³/mol. The third kappa shape index (κ3) is 4.88. The summed E-state index contributed by atoms with van der Waals surface area (Å²) in [4.78, 5) is 0.401. The van der Waals surface area contributed by atoms with Gasteiger partial charge in [-0.1, -0.05) is 19.1 Å². The van der Waals surface area contributed by atoms with Crippen LogP contribution in [0.5, 0.6) is 5.75 Å². The zero-order valence-corrected chi connectivity index (χ0v) is 17.7. The maximum atomic E-state index is 12.9. The van der Waals surface area contributed by atoms with E-state index in [0.717, 1.165) is 11.8 Å².